The highest BCUT2D eigenvalue weighted by Gasteiger charge is 2.05. The van der Waals surface area contributed by atoms with Gasteiger partial charge in [0.15, 0.2) is 0 Å². The van der Waals surface area contributed by atoms with Crippen LogP contribution >= 0.6 is 11.3 Å². The molecule has 12 heavy (non-hydrogen) atoms. The Bertz CT molecular complexity index is 236. The van der Waals surface area contributed by atoms with E-state index < -0.39 is 0 Å². The summed E-state index contributed by atoms with van der Waals surface area (Å²) in [6, 6.07) is 2.14. The minimum Gasteiger partial charge on any atom is -0.152 e. The highest BCUT2D eigenvalue weighted by Crippen LogP contribution is 2.19. The van der Waals surface area contributed by atoms with Gasteiger partial charge in [-0.3, -0.25) is 0 Å². The fourth-order valence-corrected chi connectivity index (χ4v) is 1.55. The molecule has 1 heteroatoms. The topological polar surface area (TPSA) is 0 Å². The summed E-state index contributed by atoms with van der Waals surface area (Å²) in [5, 5.41) is 4.27. The first-order chi connectivity index (χ1) is 5.58. The fraction of sp³-hybridized carbons (Fsp3) is 0.455. The van der Waals surface area contributed by atoms with Gasteiger partial charge in [0, 0.05) is 0 Å². The molecule has 0 unspecified atom stereocenters. The molecular weight excluding hydrogens is 164 g/mol. The molecule has 0 saturated carbocycles. The fourth-order valence-electron chi connectivity index (χ4n) is 0.918. The van der Waals surface area contributed by atoms with E-state index in [0.717, 1.165) is 6.42 Å². The van der Waals surface area contributed by atoms with Crippen LogP contribution in [0.2, 0.25) is 0 Å². The molecule has 1 aromatic heterocycles. The van der Waals surface area contributed by atoms with Crippen molar-refractivity contribution in [1.29, 1.82) is 0 Å². The SMILES string of the molecule is CC(C)(C)C/C=C/c1ccsc1. The Morgan fingerprint density at radius 3 is 2.67 bits per heavy atom. The van der Waals surface area contributed by atoms with Gasteiger partial charge in [0.1, 0.15) is 0 Å². The molecule has 0 amide bonds. The first kappa shape index (κ1) is 9.53. The van der Waals surface area contributed by atoms with Crippen LogP contribution in [0.25, 0.3) is 6.08 Å². The first-order valence-electron chi connectivity index (χ1n) is 4.27. The van der Waals surface area contributed by atoms with Crippen LogP contribution in [0.4, 0.5) is 0 Å². The summed E-state index contributed by atoms with van der Waals surface area (Å²) in [6.07, 6.45) is 5.59. The minimum absolute atomic E-state index is 0.409. The van der Waals surface area contributed by atoms with E-state index in [1.54, 1.807) is 11.3 Å². The maximum atomic E-state index is 2.25. The van der Waals surface area contributed by atoms with Crippen LogP contribution < -0.4 is 0 Å². The second kappa shape index (κ2) is 3.90. The van der Waals surface area contributed by atoms with E-state index in [4.69, 9.17) is 0 Å². The Hall–Kier alpha value is -0.560. The average Bonchev–Trinajstić information content (AvgIpc) is 2.36. The summed E-state index contributed by atoms with van der Waals surface area (Å²) in [4.78, 5) is 0. The maximum Gasteiger partial charge on any atom is -0.00209 e. The van der Waals surface area contributed by atoms with Crippen LogP contribution in [-0.2, 0) is 0 Å². The van der Waals surface area contributed by atoms with Crippen molar-refractivity contribution in [1.82, 2.24) is 0 Å². The molecule has 1 heterocycles. The molecule has 0 radical (unpaired) electrons. The lowest BCUT2D eigenvalue weighted by Gasteiger charge is -2.14. The highest BCUT2D eigenvalue weighted by atomic mass is 32.1. The van der Waals surface area contributed by atoms with Gasteiger partial charge >= 0.3 is 0 Å². The number of hydrogen-bond donors (Lipinski definition) is 0. The third-order valence-electron chi connectivity index (χ3n) is 1.58. The van der Waals surface area contributed by atoms with E-state index >= 15 is 0 Å². The molecule has 1 aromatic rings. The Kier molecular flexibility index (Phi) is 3.10. The van der Waals surface area contributed by atoms with Crippen molar-refractivity contribution < 1.29 is 0 Å². The van der Waals surface area contributed by atoms with Crippen LogP contribution in [0.5, 0.6) is 0 Å². The molecule has 0 saturated heterocycles. The summed E-state index contributed by atoms with van der Waals surface area (Å²) in [7, 11) is 0. The second-order valence-corrected chi connectivity index (χ2v) is 5.00. The molecule has 0 aromatic carbocycles. The van der Waals surface area contributed by atoms with Crippen molar-refractivity contribution in [3.8, 4) is 0 Å². The Labute approximate surface area is 78.9 Å². The first-order valence-corrected chi connectivity index (χ1v) is 5.21. The molecular formula is C11H16S. The zero-order valence-electron chi connectivity index (χ0n) is 8.00. The van der Waals surface area contributed by atoms with Gasteiger partial charge in [-0.1, -0.05) is 32.9 Å². The van der Waals surface area contributed by atoms with E-state index in [9.17, 15) is 0 Å². The summed E-state index contributed by atoms with van der Waals surface area (Å²) in [5.74, 6) is 0. The van der Waals surface area contributed by atoms with E-state index in [1.165, 1.54) is 5.56 Å². The lowest BCUT2D eigenvalue weighted by Crippen LogP contribution is -2.01. The summed E-state index contributed by atoms with van der Waals surface area (Å²) >= 11 is 1.75. The van der Waals surface area contributed by atoms with E-state index in [1.807, 2.05) is 0 Å². The number of allylic oxidation sites excluding steroid dienone is 1. The van der Waals surface area contributed by atoms with Gasteiger partial charge in [0.2, 0.25) is 0 Å². The average molecular weight is 180 g/mol. The van der Waals surface area contributed by atoms with Crippen LogP contribution in [0.3, 0.4) is 0 Å². The Morgan fingerprint density at radius 1 is 1.42 bits per heavy atom. The van der Waals surface area contributed by atoms with Gasteiger partial charge in [0.25, 0.3) is 0 Å². The van der Waals surface area contributed by atoms with Crippen molar-refractivity contribution in [2.45, 2.75) is 27.2 Å². The summed E-state index contributed by atoms with van der Waals surface area (Å²) in [5.41, 5.74) is 1.73. The van der Waals surface area contributed by atoms with Gasteiger partial charge in [-0.15, -0.1) is 0 Å². The lowest BCUT2D eigenvalue weighted by molar-refractivity contribution is 0.421. The Balaban J connectivity index is 2.42. The van der Waals surface area contributed by atoms with Gasteiger partial charge in [-0.05, 0) is 34.2 Å². The predicted molar refractivity (Wildman–Crippen MR) is 57.4 cm³/mol. The summed E-state index contributed by atoms with van der Waals surface area (Å²) < 4.78 is 0. The maximum absolute atomic E-state index is 2.25. The quantitative estimate of drug-likeness (QED) is 0.640. The Morgan fingerprint density at radius 2 is 2.17 bits per heavy atom. The molecule has 0 aliphatic heterocycles. The van der Waals surface area contributed by atoms with Gasteiger partial charge < -0.3 is 0 Å². The zero-order valence-corrected chi connectivity index (χ0v) is 8.82. The van der Waals surface area contributed by atoms with Crippen LogP contribution in [0, 0.1) is 5.41 Å². The lowest BCUT2D eigenvalue weighted by atomic mass is 9.92. The zero-order chi connectivity index (χ0) is 9.03. The second-order valence-electron chi connectivity index (χ2n) is 4.22. The normalized spacial score (nSPS) is 12.6. The molecule has 0 N–H and O–H groups in total. The smallest absolute Gasteiger partial charge is 0.00209 e. The molecule has 0 atom stereocenters. The monoisotopic (exact) mass is 180 g/mol. The standard InChI is InChI=1S/C11H16S/c1-11(2,3)7-4-5-10-6-8-12-9-10/h4-6,8-9H,7H2,1-3H3/b5-4+. The van der Waals surface area contributed by atoms with E-state index in [2.05, 4.69) is 49.7 Å². The van der Waals surface area contributed by atoms with Gasteiger partial charge in [0.05, 0.1) is 0 Å². The number of thiophene rings is 1. The van der Waals surface area contributed by atoms with Crippen molar-refractivity contribution in [3.05, 3.63) is 28.5 Å². The van der Waals surface area contributed by atoms with Crippen molar-refractivity contribution in [2.24, 2.45) is 5.41 Å². The molecule has 0 fully saturated rings. The highest BCUT2D eigenvalue weighted by molar-refractivity contribution is 7.08. The summed E-state index contributed by atoms with van der Waals surface area (Å²) in [6.45, 7) is 6.76. The molecule has 66 valence electrons. The van der Waals surface area contributed by atoms with Crippen LogP contribution in [0.15, 0.2) is 22.9 Å². The van der Waals surface area contributed by atoms with Crippen LogP contribution in [0.1, 0.15) is 32.8 Å². The van der Waals surface area contributed by atoms with E-state index in [-0.39, 0.29) is 0 Å². The van der Waals surface area contributed by atoms with E-state index in [0.29, 0.717) is 5.41 Å². The molecule has 0 spiro atoms. The number of hydrogen-bond acceptors (Lipinski definition) is 1. The molecule has 0 aliphatic carbocycles. The molecule has 1 rings (SSSR count). The third-order valence-corrected chi connectivity index (χ3v) is 2.29. The van der Waals surface area contributed by atoms with Crippen molar-refractivity contribution in [3.63, 3.8) is 0 Å². The van der Waals surface area contributed by atoms with Gasteiger partial charge in [-0.2, -0.15) is 11.3 Å². The minimum atomic E-state index is 0.409. The largest absolute Gasteiger partial charge is 0.152 e. The molecule has 0 bridgehead atoms. The number of rotatable bonds is 2. The molecule has 0 aliphatic rings. The van der Waals surface area contributed by atoms with Crippen molar-refractivity contribution >= 4 is 17.4 Å². The van der Waals surface area contributed by atoms with Gasteiger partial charge in [-0.25, -0.2) is 0 Å². The molecule has 0 nitrogen and oxygen atoms in total. The predicted octanol–water partition coefficient (Wildman–Crippen LogP) is 4.20. The van der Waals surface area contributed by atoms with Crippen LogP contribution in [-0.4, -0.2) is 0 Å². The van der Waals surface area contributed by atoms with Crippen molar-refractivity contribution in [2.75, 3.05) is 0 Å². The third kappa shape index (κ3) is 3.72.